The van der Waals surface area contributed by atoms with E-state index in [1.165, 1.54) is 0 Å². The van der Waals surface area contributed by atoms with Gasteiger partial charge in [0.2, 0.25) is 0 Å². The van der Waals surface area contributed by atoms with Crippen LogP contribution in [0, 0.1) is 13.8 Å². The molecule has 5 heteroatoms. The maximum Gasteiger partial charge on any atom is 0.305 e. The Morgan fingerprint density at radius 1 is 1.33 bits per heavy atom. The van der Waals surface area contributed by atoms with Gasteiger partial charge in [-0.3, -0.25) is 9.48 Å². The number of unbranched alkanes of at least 4 members (excludes halogenated alkanes) is 2. The number of esters is 1. The third-order valence-corrected chi connectivity index (χ3v) is 3.40. The van der Waals surface area contributed by atoms with Crippen molar-refractivity contribution in [1.82, 2.24) is 9.78 Å². The van der Waals surface area contributed by atoms with Crippen molar-refractivity contribution in [2.45, 2.75) is 53.0 Å². The standard InChI is InChI=1S/C13H21ClN2O2/c1-4-18-12(17)8-6-5-7-9-16-11(3)13(14)10(2)15-16/h4-9H2,1-3H3. The van der Waals surface area contributed by atoms with E-state index in [9.17, 15) is 4.79 Å². The predicted octanol–water partition coefficient (Wildman–Crippen LogP) is 3.28. The second-order valence-electron chi connectivity index (χ2n) is 4.32. The number of nitrogens with zero attached hydrogens (tertiary/aromatic N) is 2. The number of aryl methyl sites for hydroxylation is 2. The Kier molecular flexibility index (Phi) is 6.19. The van der Waals surface area contributed by atoms with Crippen LogP contribution in [0.1, 0.15) is 44.0 Å². The fourth-order valence-electron chi connectivity index (χ4n) is 1.83. The molecule has 0 aliphatic carbocycles. The Morgan fingerprint density at radius 2 is 2.06 bits per heavy atom. The average Bonchev–Trinajstić information content (AvgIpc) is 2.57. The molecule has 0 atom stereocenters. The van der Waals surface area contributed by atoms with Crippen molar-refractivity contribution in [2.75, 3.05) is 6.61 Å². The molecule has 4 nitrogen and oxygen atoms in total. The smallest absolute Gasteiger partial charge is 0.305 e. The van der Waals surface area contributed by atoms with Gasteiger partial charge in [0, 0.05) is 13.0 Å². The molecule has 0 aliphatic heterocycles. The third-order valence-electron chi connectivity index (χ3n) is 2.85. The average molecular weight is 273 g/mol. The van der Waals surface area contributed by atoms with Crippen LogP contribution in [0.25, 0.3) is 0 Å². The highest BCUT2D eigenvalue weighted by Gasteiger charge is 2.08. The number of ether oxygens (including phenoxy) is 1. The zero-order chi connectivity index (χ0) is 13.5. The Bertz CT molecular complexity index is 402. The van der Waals surface area contributed by atoms with Gasteiger partial charge < -0.3 is 4.74 Å². The molecule has 0 fully saturated rings. The highest BCUT2D eigenvalue weighted by atomic mass is 35.5. The van der Waals surface area contributed by atoms with Crippen LogP contribution in [-0.2, 0) is 16.1 Å². The number of aromatic nitrogens is 2. The number of carbonyl (C=O) groups is 1. The summed E-state index contributed by atoms with van der Waals surface area (Å²) in [6, 6.07) is 0. The molecule has 1 heterocycles. The van der Waals surface area contributed by atoms with Crippen LogP contribution < -0.4 is 0 Å². The summed E-state index contributed by atoms with van der Waals surface area (Å²) in [4.78, 5) is 11.1. The van der Waals surface area contributed by atoms with Gasteiger partial charge in [0.1, 0.15) is 0 Å². The molecule has 1 aromatic rings. The SMILES string of the molecule is CCOC(=O)CCCCCn1nc(C)c(Cl)c1C. The van der Waals surface area contributed by atoms with Gasteiger partial charge >= 0.3 is 5.97 Å². The summed E-state index contributed by atoms with van der Waals surface area (Å²) in [5.74, 6) is -0.105. The number of rotatable bonds is 7. The topological polar surface area (TPSA) is 44.1 Å². The van der Waals surface area contributed by atoms with Crippen molar-refractivity contribution in [1.29, 1.82) is 0 Å². The maximum atomic E-state index is 11.1. The Morgan fingerprint density at radius 3 is 2.61 bits per heavy atom. The molecule has 0 amide bonds. The fourth-order valence-corrected chi connectivity index (χ4v) is 1.97. The van der Waals surface area contributed by atoms with Crippen LogP contribution >= 0.6 is 11.6 Å². The molecule has 0 aromatic carbocycles. The highest BCUT2D eigenvalue weighted by molar-refractivity contribution is 6.31. The van der Waals surface area contributed by atoms with Crippen LogP contribution in [0.15, 0.2) is 0 Å². The van der Waals surface area contributed by atoms with Crippen LogP contribution in [0.2, 0.25) is 5.02 Å². The summed E-state index contributed by atoms with van der Waals surface area (Å²) in [6.45, 7) is 7.02. The molecule has 0 saturated heterocycles. The zero-order valence-corrected chi connectivity index (χ0v) is 12.1. The van der Waals surface area contributed by atoms with E-state index in [0.29, 0.717) is 13.0 Å². The quantitative estimate of drug-likeness (QED) is 0.565. The fraction of sp³-hybridized carbons (Fsp3) is 0.692. The first-order valence-corrected chi connectivity index (χ1v) is 6.79. The van der Waals surface area contributed by atoms with Crippen LogP contribution in [0.5, 0.6) is 0 Å². The second-order valence-corrected chi connectivity index (χ2v) is 4.70. The Hall–Kier alpha value is -1.03. The lowest BCUT2D eigenvalue weighted by atomic mass is 10.2. The molecular formula is C13H21ClN2O2. The minimum atomic E-state index is -0.105. The summed E-state index contributed by atoms with van der Waals surface area (Å²) in [7, 11) is 0. The van der Waals surface area contributed by atoms with Crippen LogP contribution in [-0.4, -0.2) is 22.4 Å². The third kappa shape index (κ3) is 4.33. The lowest BCUT2D eigenvalue weighted by molar-refractivity contribution is -0.143. The largest absolute Gasteiger partial charge is 0.466 e. The van der Waals surface area contributed by atoms with Crippen molar-refractivity contribution in [2.24, 2.45) is 0 Å². The molecule has 18 heavy (non-hydrogen) atoms. The summed E-state index contributed by atoms with van der Waals surface area (Å²) >= 11 is 6.07. The number of carbonyl (C=O) groups excluding carboxylic acids is 1. The van der Waals surface area contributed by atoms with Gasteiger partial charge in [0.25, 0.3) is 0 Å². The van der Waals surface area contributed by atoms with E-state index in [0.717, 1.165) is 42.2 Å². The van der Waals surface area contributed by atoms with Gasteiger partial charge in [0.05, 0.1) is 23.0 Å². The molecule has 0 saturated carbocycles. The monoisotopic (exact) mass is 272 g/mol. The number of halogens is 1. The maximum absolute atomic E-state index is 11.1. The predicted molar refractivity (Wildman–Crippen MR) is 71.8 cm³/mol. The van der Waals surface area contributed by atoms with Gasteiger partial charge in [0.15, 0.2) is 0 Å². The van der Waals surface area contributed by atoms with E-state index in [1.54, 1.807) is 0 Å². The van der Waals surface area contributed by atoms with Crippen molar-refractivity contribution >= 4 is 17.6 Å². The highest BCUT2D eigenvalue weighted by Crippen LogP contribution is 2.19. The van der Waals surface area contributed by atoms with E-state index >= 15 is 0 Å². The molecule has 0 unspecified atom stereocenters. The van der Waals surface area contributed by atoms with Gasteiger partial charge in [-0.05, 0) is 33.6 Å². The first kappa shape index (κ1) is 15.0. The van der Waals surface area contributed by atoms with Gasteiger partial charge in [-0.25, -0.2) is 0 Å². The van der Waals surface area contributed by atoms with Gasteiger partial charge in [-0.2, -0.15) is 5.10 Å². The first-order valence-electron chi connectivity index (χ1n) is 6.41. The second kappa shape index (κ2) is 7.41. The van der Waals surface area contributed by atoms with E-state index in [1.807, 2.05) is 25.5 Å². The zero-order valence-electron chi connectivity index (χ0n) is 11.3. The summed E-state index contributed by atoms with van der Waals surface area (Å²) in [5.41, 5.74) is 1.89. The summed E-state index contributed by atoms with van der Waals surface area (Å²) < 4.78 is 6.80. The minimum Gasteiger partial charge on any atom is -0.466 e. The minimum absolute atomic E-state index is 0.105. The van der Waals surface area contributed by atoms with Crippen molar-refractivity contribution in [3.05, 3.63) is 16.4 Å². The van der Waals surface area contributed by atoms with Crippen LogP contribution in [0.3, 0.4) is 0 Å². The Labute approximate surface area is 113 Å². The molecular weight excluding hydrogens is 252 g/mol. The molecule has 1 rings (SSSR count). The molecule has 1 aromatic heterocycles. The number of hydrogen-bond donors (Lipinski definition) is 0. The first-order chi connectivity index (χ1) is 8.56. The molecule has 0 radical (unpaired) electrons. The normalized spacial score (nSPS) is 10.7. The summed E-state index contributed by atoms with van der Waals surface area (Å²) in [6.07, 6.45) is 3.37. The molecule has 0 aliphatic rings. The molecule has 0 bridgehead atoms. The van der Waals surface area contributed by atoms with Crippen LogP contribution in [0.4, 0.5) is 0 Å². The van der Waals surface area contributed by atoms with E-state index < -0.39 is 0 Å². The van der Waals surface area contributed by atoms with Crippen molar-refractivity contribution in [3.8, 4) is 0 Å². The van der Waals surface area contributed by atoms with E-state index in [4.69, 9.17) is 16.3 Å². The van der Waals surface area contributed by atoms with E-state index in [-0.39, 0.29) is 5.97 Å². The van der Waals surface area contributed by atoms with Gasteiger partial charge in [-0.1, -0.05) is 18.0 Å². The summed E-state index contributed by atoms with van der Waals surface area (Å²) in [5, 5.41) is 5.12. The lowest BCUT2D eigenvalue weighted by Gasteiger charge is -2.04. The van der Waals surface area contributed by atoms with E-state index in [2.05, 4.69) is 5.10 Å². The van der Waals surface area contributed by atoms with Crippen molar-refractivity contribution < 1.29 is 9.53 Å². The molecule has 0 N–H and O–H groups in total. The van der Waals surface area contributed by atoms with Crippen molar-refractivity contribution in [3.63, 3.8) is 0 Å². The number of hydrogen-bond acceptors (Lipinski definition) is 3. The Balaban J connectivity index is 2.22. The molecule has 102 valence electrons. The molecule has 0 spiro atoms. The van der Waals surface area contributed by atoms with Gasteiger partial charge in [-0.15, -0.1) is 0 Å². The lowest BCUT2D eigenvalue weighted by Crippen LogP contribution is -2.05.